The summed E-state index contributed by atoms with van der Waals surface area (Å²) in [5, 5.41) is 0. The van der Waals surface area contributed by atoms with Crippen molar-refractivity contribution in [1.82, 2.24) is 0 Å². The number of rotatable bonds is 3. The van der Waals surface area contributed by atoms with Crippen molar-refractivity contribution < 1.29 is 22.6 Å². The Kier molecular flexibility index (Phi) is 3.13. The number of ether oxygens (including phenoxy) is 2. The Labute approximate surface area is 72.9 Å². The van der Waals surface area contributed by atoms with Crippen LogP contribution in [0, 0.1) is 0 Å². The monoisotopic (exact) mass is 192 g/mol. The Morgan fingerprint density at radius 1 is 1.08 bits per heavy atom. The normalized spacial score (nSPS) is 11.3. The van der Waals surface area contributed by atoms with E-state index in [1.54, 1.807) is 30.3 Å². The van der Waals surface area contributed by atoms with Crippen molar-refractivity contribution in [3.05, 3.63) is 30.3 Å². The van der Waals surface area contributed by atoms with E-state index in [-0.39, 0.29) is 0 Å². The van der Waals surface area contributed by atoms with Crippen LogP contribution >= 0.6 is 0 Å². The summed E-state index contributed by atoms with van der Waals surface area (Å²) < 4.78 is 42.4. The number of benzene rings is 1. The third kappa shape index (κ3) is 4.37. The van der Waals surface area contributed by atoms with Crippen LogP contribution in [0.3, 0.4) is 0 Å². The maximum absolute atomic E-state index is 11.5. The van der Waals surface area contributed by atoms with Gasteiger partial charge in [0.2, 0.25) is 0 Å². The van der Waals surface area contributed by atoms with Crippen LogP contribution in [-0.4, -0.2) is 13.2 Å². The van der Waals surface area contributed by atoms with E-state index in [1.165, 1.54) is 0 Å². The van der Waals surface area contributed by atoms with Crippen LogP contribution in [0.15, 0.2) is 30.3 Å². The quantitative estimate of drug-likeness (QED) is 0.685. The summed E-state index contributed by atoms with van der Waals surface area (Å²) >= 11 is 0. The second kappa shape index (κ2) is 4.13. The zero-order valence-corrected chi connectivity index (χ0v) is 6.54. The summed E-state index contributed by atoms with van der Waals surface area (Å²) in [6.45, 7) is -0.826. The minimum atomic E-state index is -4.64. The molecule has 13 heavy (non-hydrogen) atoms. The average molecular weight is 192 g/mol. The molecule has 0 aliphatic heterocycles. The van der Waals surface area contributed by atoms with Crippen molar-refractivity contribution >= 4 is 0 Å². The molecule has 0 aliphatic rings. The number of para-hydroxylation sites is 1. The molecule has 2 nitrogen and oxygen atoms in total. The first-order valence-electron chi connectivity index (χ1n) is 3.46. The lowest BCUT2D eigenvalue weighted by molar-refractivity contribution is -0.341. The van der Waals surface area contributed by atoms with Crippen molar-refractivity contribution in [2.75, 3.05) is 6.79 Å². The molecule has 0 spiro atoms. The fraction of sp³-hybridized carbons (Fsp3) is 0.250. The molecule has 0 aliphatic carbocycles. The van der Waals surface area contributed by atoms with Gasteiger partial charge in [0.15, 0.2) is 6.79 Å². The molecule has 0 N–H and O–H groups in total. The Morgan fingerprint density at radius 2 is 1.69 bits per heavy atom. The Bertz CT molecular complexity index is 245. The molecule has 0 heterocycles. The lowest BCUT2D eigenvalue weighted by atomic mass is 10.3. The van der Waals surface area contributed by atoms with E-state index in [4.69, 9.17) is 0 Å². The molecule has 5 heteroatoms. The molecular formula is C8H7F3O2. The Hall–Kier alpha value is -1.23. The van der Waals surface area contributed by atoms with Gasteiger partial charge in [-0.3, -0.25) is 4.74 Å². The van der Waals surface area contributed by atoms with E-state index >= 15 is 0 Å². The molecule has 0 saturated carbocycles. The molecule has 1 rings (SSSR count). The zero-order chi connectivity index (χ0) is 9.73. The first-order valence-corrected chi connectivity index (χ1v) is 3.46. The highest BCUT2D eigenvalue weighted by Crippen LogP contribution is 2.16. The molecule has 0 unspecified atom stereocenters. The zero-order valence-electron chi connectivity index (χ0n) is 6.54. The first kappa shape index (κ1) is 9.85. The molecule has 1 aromatic rings. The predicted octanol–water partition coefficient (Wildman–Crippen LogP) is 2.56. The molecule has 0 atom stereocenters. The summed E-state index contributed by atoms with van der Waals surface area (Å²) in [5.41, 5.74) is 0. The van der Waals surface area contributed by atoms with Gasteiger partial charge < -0.3 is 4.74 Å². The predicted molar refractivity (Wildman–Crippen MR) is 39.1 cm³/mol. The van der Waals surface area contributed by atoms with Gasteiger partial charge in [0.1, 0.15) is 5.75 Å². The summed E-state index contributed by atoms with van der Waals surface area (Å²) in [4.78, 5) is 0. The summed E-state index contributed by atoms with van der Waals surface area (Å²) in [6, 6.07) is 8.13. The third-order valence-corrected chi connectivity index (χ3v) is 1.19. The van der Waals surface area contributed by atoms with Gasteiger partial charge in [-0.1, -0.05) is 18.2 Å². The van der Waals surface area contributed by atoms with Gasteiger partial charge in [-0.05, 0) is 12.1 Å². The standard InChI is InChI=1S/C8H7F3O2/c9-8(10,11)13-6-12-7-4-2-1-3-5-7/h1-5H,6H2. The first-order chi connectivity index (χ1) is 6.08. The fourth-order valence-electron chi connectivity index (χ4n) is 0.681. The van der Waals surface area contributed by atoms with Gasteiger partial charge in [0.25, 0.3) is 0 Å². The Balaban J connectivity index is 2.29. The van der Waals surface area contributed by atoms with E-state index in [0.717, 1.165) is 0 Å². The molecule has 0 radical (unpaired) electrons. The van der Waals surface area contributed by atoms with E-state index in [2.05, 4.69) is 9.47 Å². The van der Waals surface area contributed by atoms with E-state index < -0.39 is 13.2 Å². The van der Waals surface area contributed by atoms with Gasteiger partial charge in [-0.15, -0.1) is 13.2 Å². The highest BCUT2D eigenvalue weighted by atomic mass is 19.4. The van der Waals surface area contributed by atoms with Crippen molar-refractivity contribution in [2.45, 2.75) is 6.36 Å². The maximum Gasteiger partial charge on any atom is 0.525 e. The molecule has 0 aromatic heterocycles. The van der Waals surface area contributed by atoms with Crippen molar-refractivity contribution in [1.29, 1.82) is 0 Å². The molecule has 0 fully saturated rings. The molecule has 1 aromatic carbocycles. The number of halogens is 3. The second-order valence-corrected chi connectivity index (χ2v) is 2.17. The van der Waals surface area contributed by atoms with E-state index in [0.29, 0.717) is 5.75 Å². The van der Waals surface area contributed by atoms with Gasteiger partial charge in [0.05, 0.1) is 0 Å². The lowest BCUT2D eigenvalue weighted by Crippen LogP contribution is -2.17. The fourth-order valence-corrected chi connectivity index (χ4v) is 0.681. The van der Waals surface area contributed by atoms with Gasteiger partial charge >= 0.3 is 6.36 Å². The summed E-state index contributed by atoms with van der Waals surface area (Å²) in [6.07, 6.45) is -4.64. The Morgan fingerprint density at radius 3 is 2.23 bits per heavy atom. The maximum atomic E-state index is 11.5. The van der Waals surface area contributed by atoms with Crippen LogP contribution < -0.4 is 4.74 Å². The highest BCUT2D eigenvalue weighted by molar-refractivity contribution is 5.20. The summed E-state index contributed by atoms with van der Waals surface area (Å²) in [7, 11) is 0. The van der Waals surface area contributed by atoms with E-state index in [1.807, 2.05) is 0 Å². The smallest absolute Gasteiger partial charge is 0.467 e. The van der Waals surface area contributed by atoms with Gasteiger partial charge in [-0.2, -0.15) is 0 Å². The third-order valence-electron chi connectivity index (χ3n) is 1.19. The topological polar surface area (TPSA) is 18.5 Å². The van der Waals surface area contributed by atoms with Crippen molar-refractivity contribution in [3.63, 3.8) is 0 Å². The second-order valence-electron chi connectivity index (χ2n) is 2.17. The van der Waals surface area contributed by atoms with Crippen LogP contribution in [0.25, 0.3) is 0 Å². The number of hydrogen-bond donors (Lipinski definition) is 0. The van der Waals surface area contributed by atoms with Gasteiger partial charge in [-0.25, -0.2) is 0 Å². The minimum Gasteiger partial charge on any atom is -0.467 e. The van der Waals surface area contributed by atoms with Crippen LogP contribution in [0.5, 0.6) is 5.75 Å². The van der Waals surface area contributed by atoms with E-state index in [9.17, 15) is 13.2 Å². The average Bonchev–Trinajstić information content (AvgIpc) is 2.04. The number of alkyl halides is 3. The van der Waals surface area contributed by atoms with Crippen LogP contribution in [0.4, 0.5) is 13.2 Å². The van der Waals surface area contributed by atoms with Crippen molar-refractivity contribution in [3.8, 4) is 5.75 Å². The van der Waals surface area contributed by atoms with Crippen molar-refractivity contribution in [2.24, 2.45) is 0 Å². The van der Waals surface area contributed by atoms with Gasteiger partial charge in [0, 0.05) is 0 Å². The largest absolute Gasteiger partial charge is 0.525 e. The molecule has 0 bridgehead atoms. The minimum absolute atomic E-state index is 0.340. The SMILES string of the molecule is FC(F)(F)OCOc1ccccc1. The number of hydrogen-bond acceptors (Lipinski definition) is 2. The molecular weight excluding hydrogens is 185 g/mol. The van der Waals surface area contributed by atoms with Crippen LogP contribution in [0.2, 0.25) is 0 Å². The lowest BCUT2D eigenvalue weighted by Gasteiger charge is -2.08. The van der Waals surface area contributed by atoms with Crippen LogP contribution in [0.1, 0.15) is 0 Å². The molecule has 72 valence electrons. The summed E-state index contributed by atoms with van der Waals surface area (Å²) in [5.74, 6) is 0.340. The highest BCUT2D eigenvalue weighted by Gasteiger charge is 2.29. The van der Waals surface area contributed by atoms with Crippen LogP contribution in [-0.2, 0) is 4.74 Å². The molecule has 0 amide bonds. The molecule has 0 saturated heterocycles.